The van der Waals surface area contributed by atoms with Crippen LogP contribution in [0.25, 0.3) is 11.2 Å². The first-order chi connectivity index (χ1) is 9.52. The Morgan fingerprint density at radius 3 is 2.95 bits per heavy atom. The van der Waals surface area contributed by atoms with Crippen LogP contribution in [0.15, 0.2) is 27.5 Å². The lowest BCUT2D eigenvalue weighted by molar-refractivity contribution is -0.145. The summed E-state index contributed by atoms with van der Waals surface area (Å²) in [4.78, 5) is 38.5. The van der Waals surface area contributed by atoms with Gasteiger partial charge >= 0.3 is 11.7 Å². The van der Waals surface area contributed by atoms with Crippen LogP contribution in [0, 0.1) is 0 Å². The van der Waals surface area contributed by atoms with Gasteiger partial charge in [0.05, 0.1) is 13.7 Å². The van der Waals surface area contributed by atoms with Gasteiger partial charge in [0, 0.05) is 13.1 Å². The van der Waals surface area contributed by atoms with Gasteiger partial charge in [-0.1, -0.05) is 0 Å². The summed E-state index contributed by atoms with van der Waals surface area (Å²) < 4.78 is 10.8. The van der Waals surface area contributed by atoms with E-state index in [1.807, 2.05) is 0 Å². The quantitative estimate of drug-likeness (QED) is 0.768. The smallest absolute Gasteiger partial charge is 0.421 e. The van der Waals surface area contributed by atoms with Crippen molar-refractivity contribution in [2.45, 2.75) is 19.5 Å². The third-order valence-electron chi connectivity index (χ3n) is 2.65. The first-order valence-corrected chi connectivity index (χ1v) is 5.82. The number of nitrogens with zero attached hydrogens (tertiary/aromatic N) is 2. The molecule has 0 aliphatic rings. The molecule has 0 saturated carbocycles. The van der Waals surface area contributed by atoms with E-state index in [1.165, 1.54) is 24.8 Å². The number of nitrogens with one attached hydrogen (secondary N) is 1. The van der Waals surface area contributed by atoms with Crippen LogP contribution in [0.2, 0.25) is 0 Å². The highest BCUT2D eigenvalue weighted by Gasteiger charge is 2.23. The molecule has 0 aliphatic carbocycles. The molecule has 0 aromatic carbocycles. The second kappa shape index (κ2) is 5.55. The Balaban J connectivity index is 2.37. The van der Waals surface area contributed by atoms with Gasteiger partial charge in [-0.15, -0.1) is 0 Å². The Morgan fingerprint density at radius 1 is 1.55 bits per heavy atom. The molecule has 1 unspecified atom stereocenters. The molecule has 2 heterocycles. The van der Waals surface area contributed by atoms with Crippen LogP contribution in [-0.2, 0) is 20.9 Å². The van der Waals surface area contributed by atoms with Crippen molar-refractivity contribution in [3.05, 3.63) is 28.9 Å². The fourth-order valence-electron chi connectivity index (χ4n) is 1.81. The van der Waals surface area contributed by atoms with E-state index in [0.29, 0.717) is 11.2 Å². The van der Waals surface area contributed by atoms with E-state index < -0.39 is 23.7 Å². The van der Waals surface area contributed by atoms with Gasteiger partial charge in [-0.2, -0.15) is 0 Å². The summed E-state index contributed by atoms with van der Waals surface area (Å²) in [6.45, 7) is 1.15. The number of rotatable bonds is 4. The molecule has 2 aromatic rings. The molecule has 20 heavy (non-hydrogen) atoms. The van der Waals surface area contributed by atoms with Crippen molar-refractivity contribution in [1.29, 1.82) is 0 Å². The highest BCUT2D eigenvalue weighted by Crippen LogP contribution is 2.09. The number of pyridine rings is 1. The maximum Gasteiger partial charge on any atom is 0.421 e. The van der Waals surface area contributed by atoms with Crippen LogP contribution in [0.1, 0.15) is 6.92 Å². The van der Waals surface area contributed by atoms with Gasteiger partial charge in [-0.05, 0) is 12.1 Å². The van der Waals surface area contributed by atoms with Crippen molar-refractivity contribution < 1.29 is 18.7 Å². The summed E-state index contributed by atoms with van der Waals surface area (Å²) in [6, 6.07) is 2.23. The zero-order valence-electron chi connectivity index (χ0n) is 11.0. The molecule has 0 bridgehead atoms. The van der Waals surface area contributed by atoms with Gasteiger partial charge in [-0.25, -0.2) is 14.6 Å². The lowest BCUT2D eigenvalue weighted by atomic mass is 10.3. The lowest BCUT2D eigenvalue weighted by Crippen LogP contribution is -2.44. The molecule has 106 valence electrons. The zero-order valence-corrected chi connectivity index (χ0v) is 11.0. The number of carbonyl (C=O) groups excluding carboxylic acids is 2. The minimum Gasteiger partial charge on any atom is -0.467 e. The van der Waals surface area contributed by atoms with Crippen molar-refractivity contribution in [1.82, 2.24) is 14.9 Å². The fraction of sp³-hybridized carbons (Fsp3) is 0.333. The zero-order chi connectivity index (χ0) is 14.7. The minimum absolute atomic E-state index is 0.116. The third kappa shape index (κ3) is 2.68. The van der Waals surface area contributed by atoms with E-state index in [4.69, 9.17) is 4.42 Å². The first kappa shape index (κ1) is 13.8. The lowest BCUT2D eigenvalue weighted by Gasteiger charge is -2.15. The van der Waals surface area contributed by atoms with Crippen LogP contribution < -0.4 is 11.1 Å². The SMILES string of the molecule is COC(=O)C(Cn1c(=O)oc2cccnc21)NC(C)=O. The normalized spacial score (nSPS) is 12.1. The van der Waals surface area contributed by atoms with Gasteiger partial charge in [0.25, 0.3) is 0 Å². The molecule has 2 aromatic heterocycles. The summed E-state index contributed by atoms with van der Waals surface area (Å²) in [5, 5.41) is 2.42. The molecule has 1 amide bonds. The number of esters is 1. The number of ether oxygens (including phenoxy) is 1. The van der Waals surface area contributed by atoms with Crippen molar-refractivity contribution in [2.24, 2.45) is 0 Å². The number of amides is 1. The second-order valence-electron chi connectivity index (χ2n) is 4.08. The van der Waals surface area contributed by atoms with Crippen LogP contribution in [-0.4, -0.2) is 34.6 Å². The summed E-state index contributed by atoms with van der Waals surface area (Å²) in [6.07, 6.45) is 1.50. The molecule has 0 saturated heterocycles. The van der Waals surface area contributed by atoms with Crippen LogP contribution in [0.5, 0.6) is 0 Å². The molecule has 0 spiro atoms. The van der Waals surface area contributed by atoms with E-state index in [2.05, 4.69) is 15.0 Å². The van der Waals surface area contributed by atoms with E-state index in [0.717, 1.165) is 0 Å². The highest BCUT2D eigenvalue weighted by atomic mass is 16.5. The monoisotopic (exact) mass is 279 g/mol. The Bertz CT molecular complexity index is 702. The molecular weight excluding hydrogens is 266 g/mol. The largest absolute Gasteiger partial charge is 0.467 e. The average molecular weight is 279 g/mol. The number of hydrogen-bond donors (Lipinski definition) is 1. The summed E-state index contributed by atoms with van der Waals surface area (Å²) in [7, 11) is 1.20. The summed E-state index contributed by atoms with van der Waals surface area (Å²) >= 11 is 0. The van der Waals surface area contributed by atoms with E-state index in [9.17, 15) is 14.4 Å². The first-order valence-electron chi connectivity index (χ1n) is 5.82. The fourth-order valence-corrected chi connectivity index (χ4v) is 1.81. The summed E-state index contributed by atoms with van der Waals surface area (Å²) in [5.41, 5.74) is 0.612. The topological polar surface area (TPSA) is 103 Å². The van der Waals surface area contributed by atoms with Gasteiger partial charge in [-0.3, -0.25) is 9.36 Å². The Kier molecular flexibility index (Phi) is 3.83. The molecular formula is C12H13N3O5. The van der Waals surface area contributed by atoms with E-state index in [-0.39, 0.29) is 6.54 Å². The van der Waals surface area contributed by atoms with Crippen LogP contribution in [0.3, 0.4) is 0 Å². The second-order valence-corrected chi connectivity index (χ2v) is 4.08. The number of hydrogen-bond acceptors (Lipinski definition) is 6. The number of carbonyl (C=O) groups is 2. The van der Waals surface area contributed by atoms with Crippen molar-refractivity contribution >= 4 is 23.1 Å². The van der Waals surface area contributed by atoms with Gasteiger partial charge in [0.15, 0.2) is 11.2 Å². The van der Waals surface area contributed by atoms with Crippen molar-refractivity contribution in [2.75, 3.05) is 7.11 Å². The van der Waals surface area contributed by atoms with E-state index >= 15 is 0 Å². The number of aromatic nitrogens is 2. The average Bonchev–Trinajstić information content (AvgIpc) is 2.73. The maximum atomic E-state index is 11.8. The van der Waals surface area contributed by atoms with Crippen molar-refractivity contribution in [3.63, 3.8) is 0 Å². The molecule has 8 nitrogen and oxygen atoms in total. The Labute approximate surface area is 113 Å². The van der Waals surface area contributed by atoms with E-state index in [1.54, 1.807) is 12.1 Å². The summed E-state index contributed by atoms with van der Waals surface area (Å²) in [5.74, 6) is -1.72. The predicted molar refractivity (Wildman–Crippen MR) is 67.9 cm³/mol. The van der Waals surface area contributed by atoms with Gasteiger partial charge < -0.3 is 14.5 Å². The highest BCUT2D eigenvalue weighted by molar-refractivity contribution is 5.83. The number of methoxy groups -OCH3 is 1. The molecule has 1 atom stereocenters. The van der Waals surface area contributed by atoms with Crippen LogP contribution in [0.4, 0.5) is 0 Å². The maximum absolute atomic E-state index is 11.8. The predicted octanol–water partition coefficient (Wildman–Crippen LogP) is -0.333. The third-order valence-corrected chi connectivity index (χ3v) is 2.65. The molecule has 0 fully saturated rings. The number of fused-ring (bicyclic) bond motifs is 1. The molecule has 1 N–H and O–H groups in total. The van der Waals surface area contributed by atoms with Gasteiger partial charge in [0.2, 0.25) is 5.91 Å². The Hall–Kier alpha value is -2.64. The molecule has 8 heteroatoms. The van der Waals surface area contributed by atoms with Crippen LogP contribution >= 0.6 is 0 Å². The molecule has 0 aliphatic heterocycles. The standard InChI is InChI=1S/C12H13N3O5/c1-7(16)14-8(11(17)19-2)6-15-10-9(20-12(15)18)4-3-5-13-10/h3-5,8H,6H2,1-2H3,(H,14,16). The number of oxazole rings is 1. The Morgan fingerprint density at radius 2 is 2.30 bits per heavy atom. The molecule has 2 rings (SSSR count). The minimum atomic E-state index is -0.988. The van der Waals surface area contributed by atoms with Gasteiger partial charge in [0.1, 0.15) is 6.04 Å². The van der Waals surface area contributed by atoms with Crippen molar-refractivity contribution in [3.8, 4) is 0 Å². The molecule has 0 radical (unpaired) electrons.